The van der Waals surface area contributed by atoms with Gasteiger partial charge in [-0.1, -0.05) is 80.6 Å². The zero-order chi connectivity index (χ0) is 16.8. The first-order valence-electron chi connectivity index (χ1n) is 8.53. The highest BCUT2D eigenvalue weighted by atomic mass is 14.2. The Morgan fingerprint density at radius 3 is 2.30 bits per heavy atom. The number of allylic oxidation sites excluding steroid dienone is 2. The van der Waals surface area contributed by atoms with Gasteiger partial charge in [0.15, 0.2) is 0 Å². The van der Waals surface area contributed by atoms with E-state index in [0.29, 0.717) is 5.92 Å². The lowest BCUT2D eigenvalue weighted by Gasteiger charge is -2.19. The van der Waals surface area contributed by atoms with Crippen LogP contribution in [0.1, 0.15) is 49.4 Å². The third kappa shape index (κ3) is 4.22. The van der Waals surface area contributed by atoms with E-state index in [9.17, 15) is 0 Å². The summed E-state index contributed by atoms with van der Waals surface area (Å²) < 4.78 is 0. The minimum atomic E-state index is 0.608. The molecule has 2 rings (SSSR count). The molecule has 0 nitrogen and oxygen atoms in total. The Balaban J connectivity index is 2.45. The minimum absolute atomic E-state index is 0.608. The summed E-state index contributed by atoms with van der Waals surface area (Å²) in [6.45, 7) is 12.9. The van der Waals surface area contributed by atoms with Crippen LogP contribution in [0.5, 0.6) is 0 Å². The molecule has 0 N–H and O–H groups in total. The van der Waals surface area contributed by atoms with Crippen LogP contribution >= 0.6 is 0 Å². The first-order chi connectivity index (χ1) is 11.1. The Morgan fingerprint density at radius 2 is 1.74 bits per heavy atom. The van der Waals surface area contributed by atoms with Crippen molar-refractivity contribution in [1.29, 1.82) is 0 Å². The highest BCUT2D eigenvalue weighted by Gasteiger charge is 2.13. The van der Waals surface area contributed by atoms with Gasteiger partial charge in [-0.15, -0.1) is 0 Å². The largest absolute Gasteiger partial charge is 0.0985 e. The van der Waals surface area contributed by atoms with Crippen molar-refractivity contribution in [1.82, 2.24) is 0 Å². The monoisotopic (exact) mass is 304 g/mol. The Hall–Kier alpha value is -2.08. The molecule has 0 aliphatic carbocycles. The van der Waals surface area contributed by atoms with Crippen LogP contribution < -0.4 is 0 Å². The molecule has 0 fully saturated rings. The van der Waals surface area contributed by atoms with Crippen molar-refractivity contribution >= 4 is 11.6 Å². The van der Waals surface area contributed by atoms with Crippen LogP contribution in [-0.2, 0) is 6.42 Å². The topological polar surface area (TPSA) is 0 Å². The second-order valence-electron chi connectivity index (χ2n) is 6.41. The molecule has 2 aromatic carbocycles. The summed E-state index contributed by atoms with van der Waals surface area (Å²) in [5.41, 5.74) is 8.26. The van der Waals surface area contributed by atoms with Gasteiger partial charge in [0.1, 0.15) is 0 Å². The Bertz CT molecular complexity index is 686. The SMILES string of the molecule is C=Cc1ccc(C/C(=C(\C)C(C)CC)c2ccccc2C)cc1. The van der Waals surface area contributed by atoms with Gasteiger partial charge in [0.2, 0.25) is 0 Å². The Morgan fingerprint density at radius 1 is 1.09 bits per heavy atom. The van der Waals surface area contributed by atoms with Crippen LogP contribution in [0, 0.1) is 12.8 Å². The van der Waals surface area contributed by atoms with E-state index in [1.807, 2.05) is 6.08 Å². The first kappa shape index (κ1) is 17.3. The van der Waals surface area contributed by atoms with Gasteiger partial charge in [-0.2, -0.15) is 0 Å². The van der Waals surface area contributed by atoms with Gasteiger partial charge >= 0.3 is 0 Å². The standard InChI is InChI=1S/C23H28/c1-6-17(3)19(5)23(22-11-9-8-10-18(22)4)16-21-14-12-20(7-2)13-15-21/h7-15,17H,2,6,16H2,1,3-5H3/b23-19-. The summed E-state index contributed by atoms with van der Waals surface area (Å²) in [5.74, 6) is 0.608. The summed E-state index contributed by atoms with van der Waals surface area (Å²) in [6, 6.07) is 17.5. The predicted molar refractivity (Wildman–Crippen MR) is 103 cm³/mol. The first-order valence-corrected chi connectivity index (χ1v) is 8.53. The van der Waals surface area contributed by atoms with E-state index in [-0.39, 0.29) is 0 Å². The average Bonchev–Trinajstić information content (AvgIpc) is 2.59. The number of benzene rings is 2. The fraction of sp³-hybridized carbons (Fsp3) is 0.304. The Kier molecular flexibility index (Phi) is 5.98. The van der Waals surface area contributed by atoms with Crippen LogP contribution in [0.4, 0.5) is 0 Å². The van der Waals surface area contributed by atoms with Crippen molar-refractivity contribution in [2.24, 2.45) is 5.92 Å². The molecule has 0 saturated heterocycles. The molecule has 1 unspecified atom stereocenters. The summed E-state index contributed by atoms with van der Waals surface area (Å²) >= 11 is 0. The van der Waals surface area contributed by atoms with Crippen LogP contribution in [0.2, 0.25) is 0 Å². The lowest BCUT2D eigenvalue weighted by atomic mass is 9.86. The van der Waals surface area contributed by atoms with Crippen molar-refractivity contribution < 1.29 is 0 Å². The maximum absolute atomic E-state index is 3.83. The molecule has 120 valence electrons. The molecule has 0 aromatic heterocycles. The molecule has 1 atom stereocenters. The quantitative estimate of drug-likeness (QED) is 0.557. The maximum Gasteiger partial charge on any atom is -0.00202 e. The molecule has 0 heteroatoms. The molecule has 0 aliphatic rings. The number of rotatable bonds is 6. The van der Waals surface area contributed by atoms with Crippen LogP contribution in [0.25, 0.3) is 11.6 Å². The van der Waals surface area contributed by atoms with Crippen molar-refractivity contribution in [3.63, 3.8) is 0 Å². The smallest absolute Gasteiger partial charge is 0.00202 e. The Labute approximate surface area is 141 Å². The van der Waals surface area contributed by atoms with Gasteiger partial charge in [0.25, 0.3) is 0 Å². The second-order valence-corrected chi connectivity index (χ2v) is 6.41. The van der Waals surface area contributed by atoms with Crippen molar-refractivity contribution in [3.05, 3.63) is 82.9 Å². The summed E-state index contributed by atoms with van der Waals surface area (Å²) in [6.07, 6.45) is 4.06. The molecule has 0 bridgehead atoms. The van der Waals surface area contributed by atoms with E-state index in [4.69, 9.17) is 0 Å². The summed E-state index contributed by atoms with van der Waals surface area (Å²) in [5, 5.41) is 0. The highest BCUT2D eigenvalue weighted by Crippen LogP contribution is 2.30. The van der Waals surface area contributed by atoms with Crippen molar-refractivity contribution in [3.8, 4) is 0 Å². The molecule has 0 heterocycles. The molecule has 0 aliphatic heterocycles. The molecular formula is C23H28. The molecule has 0 saturated carbocycles. The zero-order valence-electron chi connectivity index (χ0n) is 14.9. The van der Waals surface area contributed by atoms with E-state index < -0.39 is 0 Å². The highest BCUT2D eigenvalue weighted by molar-refractivity contribution is 5.73. The van der Waals surface area contributed by atoms with Crippen molar-refractivity contribution in [2.75, 3.05) is 0 Å². The molecule has 2 aromatic rings. The van der Waals surface area contributed by atoms with Gasteiger partial charge in [0.05, 0.1) is 0 Å². The van der Waals surface area contributed by atoms with E-state index in [0.717, 1.165) is 6.42 Å². The third-order valence-electron chi connectivity index (χ3n) is 4.89. The lowest BCUT2D eigenvalue weighted by Crippen LogP contribution is -2.03. The minimum Gasteiger partial charge on any atom is -0.0985 e. The zero-order valence-corrected chi connectivity index (χ0v) is 14.9. The van der Waals surface area contributed by atoms with Gasteiger partial charge in [-0.3, -0.25) is 0 Å². The molecule has 23 heavy (non-hydrogen) atoms. The third-order valence-corrected chi connectivity index (χ3v) is 4.89. The van der Waals surface area contributed by atoms with E-state index in [1.54, 1.807) is 0 Å². The molecule has 0 radical (unpaired) electrons. The van der Waals surface area contributed by atoms with E-state index in [2.05, 4.69) is 82.8 Å². The van der Waals surface area contributed by atoms with Gasteiger partial charge in [-0.25, -0.2) is 0 Å². The van der Waals surface area contributed by atoms with Crippen molar-refractivity contribution in [2.45, 2.75) is 40.5 Å². The molecule has 0 spiro atoms. The fourth-order valence-corrected chi connectivity index (χ4v) is 2.94. The number of hydrogen-bond donors (Lipinski definition) is 0. The number of hydrogen-bond acceptors (Lipinski definition) is 0. The maximum atomic E-state index is 3.83. The second kappa shape index (κ2) is 7.97. The van der Waals surface area contributed by atoms with Crippen LogP contribution in [0.15, 0.2) is 60.7 Å². The van der Waals surface area contributed by atoms with Gasteiger partial charge in [-0.05, 0) is 60.4 Å². The fourth-order valence-electron chi connectivity index (χ4n) is 2.94. The number of aryl methyl sites for hydroxylation is 1. The summed E-state index contributed by atoms with van der Waals surface area (Å²) in [7, 11) is 0. The van der Waals surface area contributed by atoms with Crippen LogP contribution in [-0.4, -0.2) is 0 Å². The van der Waals surface area contributed by atoms with Crippen LogP contribution in [0.3, 0.4) is 0 Å². The normalized spacial score (nSPS) is 13.4. The van der Waals surface area contributed by atoms with E-state index >= 15 is 0 Å². The molecular weight excluding hydrogens is 276 g/mol. The average molecular weight is 304 g/mol. The molecule has 0 amide bonds. The predicted octanol–water partition coefficient (Wildman–Crippen LogP) is 6.70. The van der Waals surface area contributed by atoms with E-state index in [1.165, 1.54) is 39.8 Å². The summed E-state index contributed by atoms with van der Waals surface area (Å²) in [4.78, 5) is 0. The van der Waals surface area contributed by atoms with Gasteiger partial charge in [0, 0.05) is 0 Å². The lowest BCUT2D eigenvalue weighted by molar-refractivity contribution is 0.656. The van der Waals surface area contributed by atoms with Gasteiger partial charge < -0.3 is 0 Å².